The van der Waals surface area contributed by atoms with Crippen LogP contribution in [0.5, 0.6) is 0 Å². The third-order valence-electron chi connectivity index (χ3n) is 5.33. The lowest BCUT2D eigenvalue weighted by atomic mass is 10.1. The maximum Gasteiger partial charge on any atom is 0.338 e. The lowest BCUT2D eigenvalue weighted by molar-refractivity contribution is -0.152. The lowest BCUT2D eigenvalue weighted by Gasteiger charge is -2.17. The van der Waals surface area contributed by atoms with Gasteiger partial charge in [0.15, 0.2) is 6.61 Å². The number of esters is 2. The first kappa shape index (κ1) is 24.0. The molecule has 174 valence electrons. The zero-order valence-corrected chi connectivity index (χ0v) is 18.8. The van der Waals surface area contributed by atoms with Crippen molar-refractivity contribution in [3.63, 3.8) is 0 Å². The number of hydrogen-bond acceptors (Lipinski definition) is 6. The molecule has 1 N–H and O–H groups in total. The van der Waals surface area contributed by atoms with E-state index >= 15 is 0 Å². The Balaban J connectivity index is 1.49. The molecular weight excluding hydrogens is 424 g/mol. The van der Waals surface area contributed by atoms with Crippen molar-refractivity contribution in [2.75, 3.05) is 24.7 Å². The largest absolute Gasteiger partial charge is 0.462 e. The molecule has 1 heterocycles. The highest BCUT2D eigenvalue weighted by Gasteiger charge is 2.36. The molecule has 2 aromatic rings. The van der Waals surface area contributed by atoms with Crippen LogP contribution in [0.3, 0.4) is 0 Å². The topological polar surface area (TPSA) is 102 Å². The lowest BCUT2D eigenvalue weighted by Crippen LogP contribution is -2.32. The highest BCUT2D eigenvalue weighted by Crippen LogP contribution is 2.26. The van der Waals surface area contributed by atoms with Crippen molar-refractivity contribution in [1.82, 2.24) is 5.32 Å². The van der Waals surface area contributed by atoms with E-state index in [1.807, 2.05) is 44.2 Å². The Bertz CT molecular complexity index is 990. The number of nitrogens with one attached hydrogen (secondary N) is 1. The average molecular weight is 453 g/mol. The molecule has 0 aliphatic carbocycles. The molecule has 0 spiro atoms. The van der Waals surface area contributed by atoms with E-state index in [0.717, 1.165) is 12.0 Å². The quantitative estimate of drug-likeness (QED) is 0.587. The minimum atomic E-state index is -0.661. The summed E-state index contributed by atoms with van der Waals surface area (Å²) < 4.78 is 10.2. The summed E-state index contributed by atoms with van der Waals surface area (Å²) >= 11 is 0. The molecule has 33 heavy (non-hydrogen) atoms. The molecule has 0 bridgehead atoms. The van der Waals surface area contributed by atoms with Crippen molar-refractivity contribution in [3.05, 3.63) is 65.7 Å². The third kappa shape index (κ3) is 6.41. The van der Waals surface area contributed by atoms with E-state index in [4.69, 9.17) is 9.47 Å². The SMILES string of the molecule is CCCOC(=O)c1ccc(N2C[C@@H](C(=O)OCC(=O)N[C@H](C)c3ccccc3)CC2=O)cc1. The second-order valence-electron chi connectivity index (χ2n) is 7.90. The van der Waals surface area contributed by atoms with Crippen molar-refractivity contribution >= 4 is 29.4 Å². The summed E-state index contributed by atoms with van der Waals surface area (Å²) in [4.78, 5) is 50.4. The first-order valence-corrected chi connectivity index (χ1v) is 11.0. The van der Waals surface area contributed by atoms with Crippen LogP contribution in [0.25, 0.3) is 0 Å². The van der Waals surface area contributed by atoms with Gasteiger partial charge in [-0.2, -0.15) is 0 Å². The fraction of sp³-hybridized carbons (Fsp3) is 0.360. The molecule has 1 saturated heterocycles. The van der Waals surface area contributed by atoms with Crippen LogP contribution in [0.4, 0.5) is 5.69 Å². The number of carbonyl (C=O) groups excluding carboxylic acids is 4. The van der Waals surface area contributed by atoms with Gasteiger partial charge in [-0.1, -0.05) is 37.3 Å². The number of ether oxygens (including phenoxy) is 2. The fourth-order valence-corrected chi connectivity index (χ4v) is 3.53. The van der Waals surface area contributed by atoms with Gasteiger partial charge < -0.3 is 19.7 Å². The van der Waals surface area contributed by atoms with Crippen LogP contribution in [-0.2, 0) is 23.9 Å². The summed E-state index contributed by atoms with van der Waals surface area (Å²) in [5, 5.41) is 2.78. The molecule has 1 aliphatic heterocycles. The molecule has 0 aromatic heterocycles. The standard InChI is InChI=1S/C25H28N2O6/c1-3-13-32-24(30)19-9-11-21(12-10-19)27-15-20(14-23(27)29)25(31)33-16-22(28)26-17(2)18-7-5-4-6-8-18/h4-12,17,20H,3,13-16H2,1-2H3,(H,26,28)/t17-,20+/m1/s1. The Labute approximate surface area is 192 Å². The zero-order valence-electron chi connectivity index (χ0n) is 18.8. The predicted octanol–water partition coefficient (Wildman–Crippen LogP) is 3.03. The highest BCUT2D eigenvalue weighted by atomic mass is 16.5. The van der Waals surface area contributed by atoms with E-state index in [1.54, 1.807) is 24.3 Å². The summed E-state index contributed by atoms with van der Waals surface area (Å²) in [5.74, 6) is -2.30. The molecule has 8 heteroatoms. The molecule has 0 saturated carbocycles. The van der Waals surface area contributed by atoms with E-state index in [-0.39, 0.29) is 24.9 Å². The number of carbonyl (C=O) groups is 4. The Hall–Kier alpha value is -3.68. The van der Waals surface area contributed by atoms with Crippen LogP contribution >= 0.6 is 0 Å². The van der Waals surface area contributed by atoms with Gasteiger partial charge in [-0.25, -0.2) is 4.79 Å². The normalized spacial score (nSPS) is 16.2. The molecule has 2 aromatic carbocycles. The Morgan fingerprint density at radius 1 is 1.06 bits per heavy atom. The van der Waals surface area contributed by atoms with Gasteiger partial charge in [0, 0.05) is 18.7 Å². The number of rotatable bonds is 9. The second kappa shape index (κ2) is 11.3. The molecule has 0 radical (unpaired) electrons. The minimum Gasteiger partial charge on any atom is -0.462 e. The van der Waals surface area contributed by atoms with Crippen molar-refractivity contribution < 1.29 is 28.7 Å². The fourth-order valence-electron chi connectivity index (χ4n) is 3.53. The Kier molecular flexibility index (Phi) is 8.18. The first-order valence-electron chi connectivity index (χ1n) is 11.0. The van der Waals surface area contributed by atoms with Gasteiger partial charge in [-0.05, 0) is 43.2 Å². The Morgan fingerprint density at radius 3 is 2.42 bits per heavy atom. The monoisotopic (exact) mass is 452 g/mol. The number of amides is 2. The van der Waals surface area contributed by atoms with Crippen LogP contribution in [-0.4, -0.2) is 43.5 Å². The van der Waals surface area contributed by atoms with Crippen LogP contribution in [0.1, 0.15) is 48.7 Å². The molecule has 2 atom stereocenters. The van der Waals surface area contributed by atoms with Crippen molar-refractivity contribution in [2.45, 2.75) is 32.7 Å². The van der Waals surface area contributed by atoms with Gasteiger partial charge in [-0.15, -0.1) is 0 Å². The van der Waals surface area contributed by atoms with E-state index in [2.05, 4.69) is 5.32 Å². The molecule has 1 aliphatic rings. The summed E-state index contributed by atoms with van der Waals surface area (Å²) in [6, 6.07) is 15.7. The van der Waals surface area contributed by atoms with E-state index in [1.165, 1.54) is 4.90 Å². The second-order valence-corrected chi connectivity index (χ2v) is 7.90. The number of anilines is 1. The molecule has 2 amide bonds. The van der Waals surface area contributed by atoms with Gasteiger partial charge >= 0.3 is 11.9 Å². The summed E-state index contributed by atoms with van der Waals surface area (Å²) in [7, 11) is 0. The molecule has 8 nitrogen and oxygen atoms in total. The summed E-state index contributed by atoms with van der Waals surface area (Å²) in [6.07, 6.45) is 0.735. The smallest absolute Gasteiger partial charge is 0.338 e. The van der Waals surface area contributed by atoms with Gasteiger partial charge in [0.1, 0.15) is 0 Å². The summed E-state index contributed by atoms with van der Waals surface area (Å²) in [6.45, 7) is 3.85. The minimum absolute atomic E-state index is 0.00115. The maximum absolute atomic E-state index is 12.4. The first-order chi connectivity index (χ1) is 15.9. The van der Waals surface area contributed by atoms with E-state index in [9.17, 15) is 19.2 Å². The van der Waals surface area contributed by atoms with Crippen molar-refractivity contribution in [3.8, 4) is 0 Å². The molecular formula is C25H28N2O6. The summed E-state index contributed by atoms with van der Waals surface area (Å²) in [5.41, 5.74) is 1.92. The number of benzene rings is 2. The van der Waals surface area contributed by atoms with Crippen molar-refractivity contribution in [1.29, 1.82) is 0 Å². The van der Waals surface area contributed by atoms with Crippen LogP contribution in [0.15, 0.2) is 54.6 Å². The van der Waals surface area contributed by atoms with E-state index < -0.39 is 30.4 Å². The molecule has 0 unspecified atom stereocenters. The van der Waals surface area contributed by atoms with Crippen LogP contribution in [0.2, 0.25) is 0 Å². The van der Waals surface area contributed by atoms with Gasteiger partial charge in [-0.3, -0.25) is 14.4 Å². The number of nitrogens with zero attached hydrogens (tertiary/aromatic N) is 1. The highest BCUT2D eigenvalue weighted by molar-refractivity contribution is 6.00. The number of hydrogen-bond donors (Lipinski definition) is 1. The van der Waals surface area contributed by atoms with Crippen molar-refractivity contribution in [2.24, 2.45) is 5.92 Å². The molecule has 3 rings (SSSR count). The zero-order chi connectivity index (χ0) is 23.8. The van der Waals surface area contributed by atoms with Gasteiger partial charge in [0.05, 0.1) is 24.1 Å². The van der Waals surface area contributed by atoms with Crippen LogP contribution < -0.4 is 10.2 Å². The van der Waals surface area contributed by atoms with Gasteiger partial charge in [0.2, 0.25) is 5.91 Å². The maximum atomic E-state index is 12.4. The van der Waals surface area contributed by atoms with E-state index in [0.29, 0.717) is 17.9 Å². The third-order valence-corrected chi connectivity index (χ3v) is 5.33. The average Bonchev–Trinajstić information content (AvgIpc) is 3.23. The molecule has 1 fully saturated rings. The Morgan fingerprint density at radius 2 is 1.76 bits per heavy atom. The van der Waals surface area contributed by atoms with Crippen LogP contribution in [0, 0.1) is 5.92 Å². The predicted molar refractivity (Wildman–Crippen MR) is 121 cm³/mol. The van der Waals surface area contributed by atoms with Gasteiger partial charge in [0.25, 0.3) is 5.91 Å².